The summed E-state index contributed by atoms with van der Waals surface area (Å²) in [5, 5.41) is 32.8. The molecule has 0 saturated heterocycles. The molecule has 0 aliphatic rings. The zero-order chi connectivity index (χ0) is 13.7. The molecule has 2 atom stereocenters. The van der Waals surface area contributed by atoms with Crippen LogP contribution in [0.4, 0.5) is 10.1 Å². The number of hydrogen-bond acceptors (Lipinski definition) is 5. The van der Waals surface area contributed by atoms with E-state index in [0.29, 0.717) is 0 Å². The number of azide groups is 1. The van der Waals surface area contributed by atoms with Crippen LogP contribution in [0, 0.1) is 15.9 Å². The highest BCUT2D eigenvalue weighted by Gasteiger charge is 2.26. The third-order valence-corrected chi connectivity index (χ3v) is 2.20. The molecule has 0 aliphatic carbocycles. The van der Waals surface area contributed by atoms with Crippen molar-refractivity contribution in [2.45, 2.75) is 12.2 Å². The molecule has 9 heteroatoms. The Kier molecular flexibility index (Phi) is 4.55. The van der Waals surface area contributed by atoms with Gasteiger partial charge in [-0.2, -0.15) is 0 Å². The summed E-state index contributed by atoms with van der Waals surface area (Å²) in [4.78, 5) is 12.2. The molecular weight excluding hydrogens is 247 g/mol. The maximum atomic E-state index is 13.0. The zero-order valence-electron chi connectivity index (χ0n) is 8.97. The lowest BCUT2D eigenvalue weighted by molar-refractivity contribution is -0.386. The predicted octanol–water partition coefficient (Wildman–Crippen LogP) is 1.44. The highest BCUT2D eigenvalue weighted by atomic mass is 19.1. The van der Waals surface area contributed by atoms with Gasteiger partial charge in [0.15, 0.2) is 0 Å². The second kappa shape index (κ2) is 5.92. The van der Waals surface area contributed by atoms with Crippen molar-refractivity contribution in [2.75, 3.05) is 6.54 Å². The molecule has 0 heterocycles. The predicted molar refractivity (Wildman–Crippen MR) is 58.0 cm³/mol. The standard InChI is InChI=1S/C9H9FN4O4/c10-5-1-2-7(14(17)18)6(3-5)9(16)8(15)4-12-13-11/h1-3,8-9,15-16H,4H2. The van der Waals surface area contributed by atoms with Crippen molar-refractivity contribution in [3.8, 4) is 0 Å². The van der Waals surface area contributed by atoms with Crippen LogP contribution in [0.15, 0.2) is 23.3 Å². The van der Waals surface area contributed by atoms with E-state index >= 15 is 0 Å². The average Bonchev–Trinajstić information content (AvgIpc) is 2.34. The molecule has 0 spiro atoms. The van der Waals surface area contributed by atoms with Crippen LogP contribution in [-0.2, 0) is 0 Å². The molecule has 1 rings (SSSR count). The van der Waals surface area contributed by atoms with E-state index in [1.807, 2.05) is 0 Å². The van der Waals surface area contributed by atoms with E-state index in [-0.39, 0.29) is 5.56 Å². The van der Waals surface area contributed by atoms with Gasteiger partial charge in [-0.3, -0.25) is 10.1 Å². The van der Waals surface area contributed by atoms with Gasteiger partial charge in [0.2, 0.25) is 0 Å². The highest BCUT2D eigenvalue weighted by molar-refractivity contribution is 5.42. The molecule has 0 aromatic heterocycles. The first-order chi connectivity index (χ1) is 8.47. The van der Waals surface area contributed by atoms with Crippen LogP contribution in [0.25, 0.3) is 10.4 Å². The summed E-state index contributed by atoms with van der Waals surface area (Å²) in [6.45, 7) is -0.481. The van der Waals surface area contributed by atoms with E-state index in [1.165, 1.54) is 0 Å². The summed E-state index contributed by atoms with van der Waals surface area (Å²) < 4.78 is 13.0. The number of nitrogens with zero attached hydrogens (tertiary/aromatic N) is 4. The summed E-state index contributed by atoms with van der Waals surface area (Å²) in [6.07, 6.45) is -3.27. The van der Waals surface area contributed by atoms with Gasteiger partial charge in [-0.25, -0.2) is 4.39 Å². The van der Waals surface area contributed by atoms with Crippen molar-refractivity contribution >= 4 is 5.69 Å². The van der Waals surface area contributed by atoms with Crippen LogP contribution in [-0.4, -0.2) is 27.8 Å². The minimum absolute atomic E-state index is 0.374. The van der Waals surface area contributed by atoms with Crippen molar-refractivity contribution in [3.05, 3.63) is 50.1 Å². The number of aliphatic hydroxyl groups is 2. The fourth-order valence-corrected chi connectivity index (χ4v) is 1.36. The topological polar surface area (TPSA) is 132 Å². The van der Waals surface area contributed by atoms with E-state index in [0.717, 1.165) is 18.2 Å². The first-order valence-corrected chi connectivity index (χ1v) is 4.78. The molecule has 1 aromatic carbocycles. The Morgan fingerprint density at radius 1 is 1.56 bits per heavy atom. The lowest BCUT2D eigenvalue weighted by atomic mass is 10.0. The highest BCUT2D eigenvalue weighted by Crippen LogP contribution is 2.28. The van der Waals surface area contributed by atoms with Crippen LogP contribution in [0.3, 0.4) is 0 Å². The van der Waals surface area contributed by atoms with Gasteiger partial charge < -0.3 is 10.2 Å². The third kappa shape index (κ3) is 3.14. The van der Waals surface area contributed by atoms with E-state index in [4.69, 9.17) is 5.53 Å². The molecule has 96 valence electrons. The molecule has 0 radical (unpaired) electrons. The molecule has 0 bridgehead atoms. The van der Waals surface area contributed by atoms with Gasteiger partial charge in [-0.15, -0.1) is 0 Å². The largest absolute Gasteiger partial charge is 0.390 e. The number of hydrogen-bond donors (Lipinski definition) is 2. The second-order valence-electron chi connectivity index (χ2n) is 3.39. The van der Waals surface area contributed by atoms with Crippen molar-refractivity contribution in [3.63, 3.8) is 0 Å². The number of halogens is 1. The molecule has 2 N–H and O–H groups in total. The molecule has 0 aliphatic heterocycles. The van der Waals surface area contributed by atoms with Crippen LogP contribution >= 0.6 is 0 Å². The smallest absolute Gasteiger partial charge is 0.275 e. The third-order valence-electron chi connectivity index (χ3n) is 2.20. The van der Waals surface area contributed by atoms with Crippen molar-refractivity contribution in [2.24, 2.45) is 5.11 Å². The van der Waals surface area contributed by atoms with Crippen molar-refractivity contribution in [1.82, 2.24) is 0 Å². The number of aliphatic hydroxyl groups excluding tert-OH is 2. The molecule has 0 saturated carbocycles. The Hall–Kier alpha value is -2.22. The number of nitro benzene ring substituents is 1. The van der Waals surface area contributed by atoms with Crippen LogP contribution in [0.2, 0.25) is 0 Å². The summed E-state index contributed by atoms with van der Waals surface area (Å²) in [7, 11) is 0. The molecule has 0 amide bonds. The average molecular weight is 256 g/mol. The van der Waals surface area contributed by atoms with Gasteiger partial charge in [0.05, 0.1) is 23.1 Å². The van der Waals surface area contributed by atoms with Crippen molar-refractivity contribution < 1.29 is 19.5 Å². The first kappa shape index (κ1) is 13.8. The first-order valence-electron chi connectivity index (χ1n) is 4.78. The van der Waals surface area contributed by atoms with E-state index in [9.17, 15) is 24.7 Å². The summed E-state index contributed by atoms with van der Waals surface area (Å²) >= 11 is 0. The lowest BCUT2D eigenvalue weighted by Crippen LogP contribution is -2.22. The number of benzene rings is 1. The van der Waals surface area contributed by atoms with Crippen LogP contribution < -0.4 is 0 Å². The molecular formula is C9H9FN4O4. The molecule has 2 unspecified atom stereocenters. The fraction of sp³-hybridized carbons (Fsp3) is 0.333. The molecule has 0 fully saturated rings. The van der Waals surface area contributed by atoms with E-state index in [2.05, 4.69) is 10.0 Å². The SMILES string of the molecule is [N-]=[N+]=NCC(O)C(O)c1cc(F)ccc1[N+](=O)[O-]. The quantitative estimate of drug-likeness (QED) is 0.271. The summed E-state index contributed by atoms with van der Waals surface area (Å²) in [6, 6.07) is 2.50. The van der Waals surface area contributed by atoms with Gasteiger partial charge in [0.25, 0.3) is 5.69 Å². The Morgan fingerprint density at radius 3 is 2.78 bits per heavy atom. The monoisotopic (exact) mass is 256 g/mol. The minimum Gasteiger partial charge on any atom is -0.390 e. The van der Waals surface area contributed by atoms with Crippen LogP contribution in [0.5, 0.6) is 0 Å². The van der Waals surface area contributed by atoms with E-state index in [1.54, 1.807) is 0 Å². The Bertz CT molecular complexity index is 503. The van der Waals surface area contributed by atoms with Gasteiger partial charge in [-0.05, 0) is 17.7 Å². The molecule has 8 nitrogen and oxygen atoms in total. The second-order valence-corrected chi connectivity index (χ2v) is 3.39. The number of rotatable bonds is 5. The minimum atomic E-state index is -1.72. The molecule has 1 aromatic rings. The Balaban J connectivity index is 3.10. The normalized spacial score (nSPS) is 13.5. The maximum absolute atomic E-state index is 13.0. The van der Waals surface area contributed by atoms with Gasteiger partial charge in [0, 0.05) is 11.0 Å². The fourth-order valence-electron chi connectivity index (χ4n) is 1.36. The van der Waals surface area contributed by atoms with Gasteiger partial charge in [-0.1, -0.05) is 5.11 Å². The number of nitro groups is 1. The Labute approximate surface area is 100 Å². The van der Waals surface area contributed by atoms with Crippen molar-refractivity contribution in [1.29, 1.82) is 0 Å². The molecule has 18 heavy (non-hydrogen) atoms. The summed E-state index contributed by atoms with van der Waals surface area (Å²) in [5.74, 6) is -0.786. The van der Waals surface area contributed by atoms with Crippen LogP contribution in [0.1, 0.15) is 11.7 Å². The Morgan fingerprint density at radius 2 is 2.22 bits per heavy atom. The van der Waals surface area contributed by atoms with Gasteiger partial charge >= 0.3 is 0 Å². The van der Waals surface area contributed by atoms with E-state index < -0.39 is 35.2 Å². The maximum Gasteiger partial charge on any atom is 0.275 e. The lowest BCUT2D eigenvalue weighted by Gasteiger charge is -2.16. The summed E-state index contributed by atoms with van der Waals surface area (Å²) in [5.41, 5.74) is 7.15. The van der Waals surface area contributed by atoms with Gasteiger partial charge in [0.1, 0.15) is 11.9 Å². The zero-order valence-corrected chi connectivity index (χ0v) is 8.97.